The molecule has 8 rings (SSSR count). The van der Waals surface area contributed by atoms with Gasteiger partial charge in [0.05, 0.1) is 19.8 Å². The minimum atomic E-state index is -0.219. The van der Waals surface area contributed by atoms with Crippen LogP contribution in [0, 0.1) is 58.7 Å². The molecule has 6 saturated carbocycles. The topological polar surface area (TPSA) is 64.6 Å². The summed E-state index contributed by atoms with van der Waals surface area (Å²) >= 11 is 0. The Labute approximate surface area is 320 Å². The van der Waals surface area contributed by atoms with Crippen LogP contribution in [0.2, 0.25) is 0 Å². The van der Waals surface area contributed by atoms with Gasteiger partial charge in [0.15, 0.2) is 5.79 Å². The van der Waals surface area contributed by atoms with Gasteiger partial charge in [-0.15, -0.1) is 0 Å². The van der Waals surface area contributed by atoms with Crippen LogP contribution in [0.5, 0.6) is 0 Å². The van der Waals surface area contributed by atoms with E-state index in [1.54, 1.807) is 28.4 Å². The van der Waals surface area contributed by atoms with Crippen LogP contribution < -0.4 is 0 Å². The largest absolute Gasteiger partial charge is 0.384 e. The predicted molar refractivity (Wildman–Crippen MR) is 211 cm³/mol. The number of allylic oxidation sites excluding steroid dienone is 2. The second kappa shape index (κ2) is 23.5. The summed E-state index contributed by atoms with van der Waals surface area (Å²) in [6, 6.07) is 0. The number of ether oxygens (including phenoxy) is 7. The summed E-state index contributed by atoms with van der Waals surface area (Å²) < 4.78 is 37.0. The highest BCUT2D eigenvalue weighted by atomic mass is 16.7. The van der Waals surface area contributed by atoms with Crippen molar-refractivity contribution >= 4 is 0 Å². The summed E-state index contributed by atoms with van der Waals surface area (Å²) in [5.74, 6) is 7.81. The quantitative estimate of drug-likeness (QED) is 0.207. The smallest absolute Gasteiger partial charge is 0.168 e. The summed E-state index contributed by atoms with van der Waals surface area (Å²) in [4.78, 5) is 0. The fourth-order valence-electron chi connectivity index (χ4n) is 11.1. The SMILES string of the molecule is COCC1(C)CCCCC1.COCC1CC2C=CC1C2.COCC1CC2CCC1C2.COCC1CCC2(C1)OCCO2.COCC1CCCC(C)C1. The number of methoxy groups -OCH3 is 5. The first kappa shape index (κ1) is 44.2. The van der Waals surface area contributed by atoms with E-state index in [2.05, 4.69) is 26.0 Å². The van der Waals surface area contributed by atoms with Crippen LogP contribution in [0.3, 0.4) is 0 Å². The third kappa shape index (κ3) is 14.5. The average Bonchev–Trinajstić information content (AvgIpc) is 4.01. The molecule has 9 atom stereocenters. The molecule has 7 fully saturated rings. The Hall–Kier alpha value is -0.540. The normalized spacial score (nSPS) is 35.9. The molecule has 0 aromatic carbocycles. The average molecular weight is 735 g/mol. The molecule has 7 aliphatic carbocycles. The van der Waals surface area contributed by atoms with Gasteiger partial charge in [-0.2, -0.15) is 0 Å². The van der Waals surface area contributed by atoms with Crippen molar-refractivity contribution in [2.24, 2.45) is 58.7 Å². The molecule has 7 heteroatoms. The van der Waals surface area contributed by atoms with Crippen LogP contribution in [-0.2, 0) is 33.2 Å². The van der Waals surface area contributed by atoms with Gasteiger partial charge in [-0.1, -0.05) is 64.5 Å². The Bertz CT molecular complexity index is 952. The Balaban J connectivity index is 0.000000146. The van der Waals surface area contributed by atoms with Crippen molar-refractivity contribution in [3.05, 3.63) is 12.2 Å². The molecule has 8 aliphatic rings. The molecule has 0 N–H and O–H groups in total. The minimum absolute atomic E-state index is 0.219. The fraction of sp³-hybridized carbons (Fsp3) is 0.956. The van der Waals surface area contributed by atoms with E-state index < -0.39 is 0 Å². The van der Waals surface area contributed by atoms with Crippen molar-refractivity contribution in [1.29, 1.82) is 0 Å². The van der Waals surface area contributed by atoms with Crippen molar-refractivity contribution < 1.29 is 33.2 Å². The monoisotopic (exact) mass is 735 g/mol. The lowest BCUT2D eigenvalue weighted by Crippen LogP contribution is -2.26. The van der Waals surface area contributed by atoms with Gasteiger partial charge in [0, 0.05) is 74.8 Å². The molecule has 304 valence electrons. The van der Waals surface area contributed by atoms with Crippen LogP contribution in [0.25, 0.3) is 0 Å². The van der Waals surface area contributed by atoms with E-state index in [1.165, 1.54) is 103 Å². The molecular formula is C45H82O7. The molecule has 0 aromatic rings. The summed E-state index contributed by atoms with van der Waals surface area (Å²) in [5.41, 5.74) is 0.507. The minimum Gasteiger partial charge on any atom is -0.384 e. The third-order valence-corrected chi connectivity index (χ3v) is 13.8. The molecular weight excluding hydrogens is 652 g/mol. The first-order valence-electron chi connectivity index (χ1n) is 21.6. The van der Waals surface area contributed by atoms with Gasteiger partial charge in [0.2, 0.25) is 0 Å². The van der Waals surface area contributed by atoms with Crippen LogP contribution in [-0.4, -0.2) is 87.6 Å². The van der Waals surface area contributed by atoms with Crippen molar-refractivity contribution in [3.8, 4) is 0 Å². The highest BCUT2D eigenvalue weighted by Crippen LogP contribution is 2.48. The zero-order chi connectivity index (χ0) is 37.2. The molecule has 9 unspecified atom stereocenters. The van der Waals surface area contributed by atoms with Gasteiger partial charge in [0.1, 0.15) is 0 Å². The number of fused-ring (bicyclic) bond motifs is 4. The summed E-state index contributed by atoms with van der Waals surface area (Å²) in [6.45, 7) is 11.0. The molecule has 7 nitrogen and oxygen atoms in total. The highest BCUT2D eigenvalue weighted by Gasteiger charge is 2.44. The molecule has 1 saturated heterocycles. The molecule has 1 aliphatic heterocycles. The maximum absolute atomic E-state index is 5.60. The van der Waals surface area contributed by atoms with E-state index in [1.807, 2.05) is 7.11 Å². The first-order chi connectivity index (χ1) is 25.2. The van der Waals surface area contributed by atoms with Gasteiger partial charge in [-0.3, -0.25) is 0 Å². The van der Waals surface area contributed by atoms with E-state index in [0.717, 1.165) is 106 Å². The van der Waals surface area contributed by atoms with E-state index in [9.17, 15) is 0 Å². The molecule has 1 spiro atoms. The van der Waals surface area contributed by atoms with Gasteiger partial charge in [0.25, 0.3) is 0 Å². The number of rotatable bonds is 10. The summed E-state index contributed by atoms with van der Waals surface area (Å²) in [7, 11) is 8.99. The second-order valence-electron chi connectivity index (χ2n) is 18.5. The van der Waals surface area contributed by atoms with Gasteiger partial charge >= 0.3 is 0 Å². The molecule has 0 radical (unpaired) electrons. The lowest BCUT2D eigenvalue weighted by Gasteiger charge is -2.32. The predicted octanol–water partition coefficient (Wildman–Crippen LogP) is 10.2. The van der Waals surface area contributed by atoms with Crippen LogP contribution in [0.1, 0.15) is 129 Å². The molecule has 1 heterocycles. The van der Waals surface area contributed by atoms with Gasteiger partial charge < -0.3 is 33.2 Å². The van der Waals surface area contributed by atoms with E-state index in [4.69, 9.17) is 33.2 Å². The summed E-state index contributed by atoms with van der Waals surface area (Å²) in [6.07, 6.45) is 29.3. The van der Waals surface area contributed by atoms with Crippen molar-refractivity contribution in [3.63, 3.8) is 0 Å². The van der Waals surface area contributed by atoms with Gasteiger partial charge in [-0.25, -0.2) is 0 Å². The maximum Gasteiger partial charge on any atom is 0.168 e. The second-order valence-corrected chi connectivity index (χ2v) is 18.5. The zero-order valence-corrected chi connectivity index (χ0v) is 34.9. The van der Waals surface area contributed by atoms with Gasteiger partial charge in [-0.05, 0) is 123 Å². The van der Waals surface area contributed by atoms with Crippen molar-refractivity contribution in [2.75, 3.05) is 81.8 Å². The Morgan fingerprint density at radius 3 is 1.85 bits per heavy atom. The van der Waals surface area contributed by atoms with Crippen LogP contribution >= 0.6 is 0 Å². The molecule has 0 amide bonds. The van der Waals surface area contributed by atoms with Crippen molar-refractivity contribution in [2.45, 2.75) is 135 Å². The highest BCUT2D eigenvalue weighted by molar-refractivity contribution is 5.10. The maximum atomic E-state index is 5.60. The molecule has 52 heavy (non-hydrogen) atoms. The van der Waals surface area contributed by atoms with E-state index in [-0.39, 0.29) is 5.79 Å². The number of hydrogen-bond acceptors (Lipinski definition) is 7. The Morgan fingerprint density at radius 1 is 0.596 bits per heavy atom. The lowest BCUT2D eigenvalue weighted by molar-refractivity contribution is -0.153. The van der Waals surface area contributed by atoms with E-state index in [0.29, 0.717) is 11.3 Å². The summed E-state index contributed by atoms with van der Waals surface area (Å²) in [5, 5.41) is 0. The van der Waals surface area contributed by atoms with Crippen molar-refractivity contribution in [1.82, 2.24) is 0 Å². The fourth-order valence-corrected chi connectivity index (χ4v) is 11.1. The number of hydrogen-bond donors (Lipinski definition) is 0. The van der Waals surface area contributed by atoms with Crippen LogP contribution in [0.4, 0.5) is 0 Å². The lowest BCUT2D eigenvalue weighted by atomic mass is 9.76. The first-order valence-corrected chi connectivity index (χ1v) is 21.6. The molecule has 4 bridgehead atoms. The zero-order valence-electron chi connectivity index (χ0n) is 34.9. The Morgan fingerprint density at radius 2 is 1.29 bits per heavy atom. The third-order valence-electron chi connectivity index (χ3n) is 13.8. The standard InChI is InChI=1S/C9H16O3.C9H16O.C9H14O.2C9H18O/c1-10-7-8-2-3-9(6-8)11-4-5-12-9;2*1-10-6-9-5-7-2-3-8(9)4-7;1-8-4-3-5-9(6-8)7-10-2;1-9(8-10-2)6-4-3-5-7-9/h8H,2-7H2,1H3;7-9H,2-6H2,1H3;2-3,7-9H,4-6H2,1H3;8-9H,3-7H2,1-2H3;3-8H2,1-2H3. The molecule has 0 aromatic heterocycles. The Kier molecular flexibility index (Phi) is 20.0. The van der Waals surface area contributed by atoms with E-state index >= 15 is 0 Å². The van der Waals surface area contributed by atoms with Crippen LogP contribution in [0.15, 0.2) is 12.2 Å².